The molecule has 0 aliphatic rings. The zero-order chi connectivity index (χ0) is 21.8. The van der Waals surface area contributed by atoms with Crippen molar-refractivity contribution in [3.05, 3.63) is 96.1 Å². The van der Waals surface area contributed by atoms with Gasteiger partial charge in [-0.25, -0.2) is 0 Å². The van der Waals surface area contributed by atoms with Crippen molar-refractivity contribution in [2.75, 3.05) is 14.2 Å². The standard InChI is InChI=1S/C28H26O2Se/c1-19-9-5-7-11-23(19)25-17-21(29-3)13-15-27(25)31-28-16-14-22(30-4)18-26(28)24-12-8-6-10-20(24)2/h5-18H,1-4H3. The van der Waals surface area contributed by atoms with Crippen molar-refractivity contribution in [3.8, 4) is 33.8 Å². The van der Waals surface area contributed by atoms with Crippen LogP contribution in [0.2, 0.25) is 0 Å². The van der Waals surface area contributed by atoms with Crippen molar-refractivity contribution in [2.45, 2.75) is 13.8 Å². The molecule has 0 aliphatic heterocycles. The fraction of sp³-hybridized carbons (Fsp3) is 0.143. The number of rotatable bonds is 6. The van der Waals surface area contributed by atoms with Crippen LogP contribution in [0.15, 0.2) is 84.9 Å². The van der Waals surface area contributed by atoms with Gasteiger partial charge in [0.25, 0.3) is 0 Å². The topological polar surface area (TPSA) is 18.5 Å². The molecule has 0 fully saturated rings. The van der Waals surface area contributed by atoms with Gasteiger partial charge in [-0.2, -0.15) is 0 Å². The average Bonchev–Trinajstić information content (AvgIpc) is 2.80. The molecule has 4 aromatic rings. The van der Waals surface area contributed by atoms with E-state index in [0.717, 1.165) is 11.5 Å². The third kappa shape index (κ3) is 4.53. The maximum absolute atomic E-state index is 5.55. The Labute approximate surface area is 191 Å². The molecule has 156 valence electrons. The molecule has 0 aromatic heterocycles. The number of hydrogen-bond acceptors (Lipinski definition) is 2. The third-order valence-corrected chi connectivity index (χ3v) is 7.88. The summed E-state index contributed by atoms with van der Waals surface area (Å²) < 4.78 is 13.8. The first-order valence-corrected chi connectivity index (χ1v) is 12.0. The fourth-order valence-corrected chi connectivity index (χ4v) is 5.98. The van der Waals surface area contributed by atoms with Gasteiger partial charge in [-0.05, 0) is 0 Å². The Morgan fingerprint density at radius 2 is 0.935 bits per heavy atom. The number of ether oxygens (including phenoxy) is 2. The second-order valence-electron chi connectivity index (χ2n) is 7.46. The normalized spacial score (nSPS) is 10.7. The van der Waals surface area contributed by atoms with Crippen molar-refractivity contribution < 1.29 is 9.47 Å². The summed E-state index contributed by atoms with van der Waals surface area (Å²) in [5, 5.41) is 0. The Balaban J connectivity index is 1.86. The quantitative estimate of drug-likeness (QED) is 0.354. The Morgan fingerprint density at radius 3 is 1.32 bits per heavy atom. The summed E-state index contributed by atoms with van der Waals surface area (Å²) in [6.45, 7) is 4.33. The summed E-state index contributed by atoms with van der Waals surface area (Å²) in [5.74, 6) is 1.76. The molecule has 0 amide bonds. The van der Waals surface area contributed by atoms with Crippen LogP contribution in [0.5, 0.6) is 11.5 Å². The van der Waals surface area contributed by atoms with Crippen LogP contribution in [0, 0.1) is 13.8 Å². The van der Waals surface area contributed by atoms with Crippen LogP contribution < -0.4 is 18.4 Å². The van der Waals surface area contributed by atoms with Crippen molar-refractivity contribution in [3.63, 3.8) is 0 Å². The summed E-state index contributed by atoms with van der Waals surface area (Å²) in [5.41, 5.74) is 7.52. The van der Waals surface area contributed by atoms with E-state index in [0.29, 0.717) is 0 Å². The van der Waals surface area contributed by atoms with Crippen molar-refractivity contribution >= 4 is 23.9 Å². The van der Waals surface area contributed by atoms with Crippen LogP contribution in [-0.2, 0) is 0 Å². The number of methoxy groups -OCH3 is 2. The number of hydrogen-bond donors (Lipinski definition) is 0. The minimum absolute atomic E-state index is 0.105. The van der Waals surface area contributed by atoms with E-state index in [9.17, 15) is 0 Å². The van der Waals surface area contributed by atoms with E-state index < -0.39 is 0 Å². The van der Waals surface area contributed by atoms with Gasteiger partial charge in [0.05, 0.1) is 0 Å². The molecule has 3 heteroatoms. The first-order valence-electron chi connectivity index (χ1n) is 10.3. The predicted octanol–water partition coefficient (Wildman–Crippen LogP) is 5.31. The summed E-state index contributed by atoms with van der Waals surface area (Å²) in [6.07, 6.45) is 0. The molecule has 0 atom stereocenters. The molecule has 4 aromatic carbocycles. The average molecular weight is 473 g/mol. The summed E-state index contributed by atoms with van der Waals surface area (Å²) >= 11 is 0.105. The monoisotopic (exact) mass is 474 g/mol. The van der Waals surface area contributed by atoms with Gasteiger partial charge in [0, 0.05) is 0 Å². The summed E-state index contributed by atoms with van der Waals surface area (Å²) in [7, 11) is 3.45. The zero-order valence-electron chi connectivity index (χ0n) is 18.3. The molecular formula is C28H26O2Se. The van der Waals surface area contributed by atoms with Crippen LogP contribution in [-0.4, -0.2) is 29.2 Å². The third-order valence-electron chi connectivity index (χ3n) is 5.46. The van der Waals surface area contributed by atoms with Gasteiger partial charge in [0.1, 0.15) is 0 Å². The van der Waals surface area contributed by atoms with Gasteiger partial charge in [-0.1, -0.05) is 0 Å². The molecule has 4 rings (SSSR count). The second kappa shape index (κ2) is 9.43. The van der Waals surface area contributed by atoms with Crippen LogP contribution in [0.3, 0.4) is 0 Å². The van der Waals surface area contributed by atoms with E-state index in [-0.39, 0.29) is 15.0 Å². The Morgan fingerprint density at radius 1 is 0.516 bits per heavy atom. The van der Waals surface area contributed by atoms with Crippen LogP contribution in [0.1, 0.15) is 11.1 Å². The molecule has 0 spiro atoms. The zero-order valence-corrected chi connectivity index (χ0v) is 20.0. The van der Waals surface area contributed by atoms with Crippen LogP contribution in [0.4, 0.5) is 0 Å². The molecule has 0 N–H and O–H groups in total. The van der Waals surface area contributed by atoms with Gasteiger partial charge in [-0.15, -0.1) is 0 Å². The molecule has 31 heavy (non-hydrogen) atoms. The van der Waals surface area contributed by atoms with Crippen LogP contribution >= 0.6 is 0 Å². The maximum atomic E-state index is 5.55. The van der Waals surface area contributed by atoms with Crippen LogP contribution in [0.25, 0.3) is 22.3 Å². The van der Waals surface area contributed by atoms with Crippen molar-refractivity contribution in [2.24, 2.45) is 0 Å². The van der Waals surface area contributed by atoms with Gasteiger partial charge in [-0.3, -0.25) is 0 Å². The number of benzene rings is 4. The van der Waals surface area contributed by atoms with E-state index >= 15 is 0 Å². The first kappa shape index (κ1) is 21.2. The molecule has 0 unspecified atom stereocenters. The van der Waals surface area contributed by atoms with Gasteiger partial charge >= 0.3 is 191 Å². The Hall–Kier alpha value is -3.00. The van der Waals surface area contributed by atoms with E-state index in [1.54, 1.807) is 14.2 Å². The summed E-state index contributed by atoms with van der Waals surface area (Å²) in [4.78, 5) is 0. The molecule has 2 nitrogen and oxygen atoms in total. The Kier molecular flexibility index (Phi) is 6.46. The van der Waals surface area contributed by atoms with Crippen molar-refractivity contribution in [1.29, 1.82) is 0 Å². The first-order chi connectivity index (χ1) is 15.1. The molecule has 0 bridgehead atoms. The van der Waals surface area contributed by atoms with E-state index in [1.165, 1.54) is 42.3 Å². The summed E-state index contributed by atoms with van der Waals surface area (Å²) in [6, 6.07) is 30.0. The molecule has 0 radical (unpaired) electrons. The SMILES string of the molecule is COc1ccc([Se]c2ccc(OC)cc2-c2ccccc2C)c(-c2ccccc2C)c1. The fourth-order valence-electron chi connectivity index (χ4n) is 3.74. The van der Waals surface area contributed by atoms with E-state index in [4.69, 9.17) is 9.47 Å². The van der Waals surface area contributed by atoms with Gasteiger partial charge in [0.2, 0.25) is 0 Å². The van der Waals surface area contributed by atoms with E-state index in [2.05, 4.69) is 98.8 Å². The molecular weight excluding hydrogens is 447 g/mol. The number of aryl methyl sites for hydroxylation is 2. The molecule has 0 saturated heterocycles. The van der Waals surface area contributed by atoms with Gasteiger partial charge < -0.3 is 0 Å². The van der Waals surface area contributed by atoms with E-state index in [1.807, 2.05) is 0 Å². The van der Waals surface area contributed by atoms with Crippen molar-refractivity contribution in [1.82, 2.24) is 0 Å². The second-order valence-corrected chi connectivity index (χ2v) is 9.73. The molecule has 0 saturated carbocycles. The Bertz CT molecular complexity index is 1120. The van der Waals surface area contributed by atoms with Gasteiger partial charge in [0.15, 0.2) is 0 Å². The molecule has 0 aliphatic carbocycles. The predicted molar refractivity (Wildman–Crippen MR) is 131 cm³/mol. The molecule has 0 heterocycles. The minimum atomic E-state index is 0.105.